The third-order valence-corrected chi connectivity index (χ3v) is 6.14. The van der Waals surface area contributed by atoms with Gasteiger partial charge in [0.25, 0.3) is 5.91 Å². The van der Waals surface area contributed by atoms with Gasteiger partial charge in [0, 0.05) is 21.9 Å². The molecule has 0 saturated heterocycles. The molecule has 0 bridgehead atoms. The van der Waals surface area contributed by atoms with Crippen LogP contribution in [0.3, 0.4) is 0 Å². The quantitative estimate of drug-likeness (QED) is 0.322. The highest BCUT2D eigenvalue weighted by Crippen LogP contribution is 2.33. The van der Waals surface area contributed by atoms with Crippen LogP contribution < -0.4 is 4.90 Å². The second-order valence-electron chi connectivity index (χ2n) is 5.99. The standard InChI is InChI=1S/C20H12BrCl2N3OS/c21-13-3-6-17-18(8-13)28-20(25-17)26(11-12-2-1-7-24-10-12)19(27)15-9-14(22)4-5-16(15)23/h1-10H,11H2. The van der Waals surface area contributed by atoms with Crippen LogP contribution in [0.4, 0.5) is 5.13 Å². The third-order valence-electron chi connectivity index (χ3n) is 4.04. The molecule has 2 aromatic carbocycles. The third kappa shape index (κ3) is 4.05. The van der Waals surface area contributed by atoms with Crippen molar-refractivity contribution < 1.29 is 4.79 Å². The minimum Gasteiger partial charge on any atom is -0.279 e. The largest absolute Gasteiger partial charge is 0.279 e. The van der Waals surface area contributed by atoms with Gasteiger partial charge in [-0.3, -0.25) is 14.7 Å². The van der Waals surface area contributed by atoms with E-state index in [1.165, 1.54) is 11.3 Å². The summed E-state index contributed by atoms with van der Waals surface area (Å²) in [7, 11) is 0. The number of benzene rings is 2. The van der Waals surface area contributed by atoms with Crippen molar-refractivity contribution in [3.05, 3.63) is 86.6 Å². The summed E-state index contributed by atoms with van der Waals surface area (Å²) in [5.74, 6) is -0.269. The van der Waals surface area contributed by atoms with Gasteiger partial charge in [0.05, 0.1) is 27.3 Å². The molecule has 0 saturated carbocycles. The van der Waals surface area contributed by atoms with Crippen LogP contribution in [0.5, 0.6) is 0 Å². The van der Waals surface area contributed by atoms with Gasteiger partial charge in [-0.2, -0.15) is 0 Å². The number of rotatable bonds is 4. The van der Waals surface area contributed by atoms with Gasteiger partial charge in [-0.25, -0.2) is 4.98 Å². The summed E-state index contributed by atoms with van der Waals surface area (Å²) in [6.45, 7) is 0.316. The fourth-order valence-electron chi connectivity index (χ4n) is 2.71. The zero-order chi connectivity index (χ0) is 19.7. The summed E-state index contributed by atoms with van der Waals surface area (Å²) in [4.78, 5) is 23.8. The van der Waals surface area contributed by atoms with E-state index in [1.807, 2.05) is 30.3 Å². The molecule has 0 fully saturated rings. The van der Waals surface area contributed by atoms with Crippen molar-refractivity contribution in [1.29, 1.82) is 0 Å². The van der Waals surface area contributed by atoms with E-state index in [0.717, 1.165) is 20.3 Å². The van der Waals surface area contributed by atoms with Gasteiger partial charge in [0.2, 0.25) is 0 Å². The van der Waals surface area contributed by atoms with E-state index >= 15 is 0 Å². The van der Waals surface area contributed by atoms with Gasteiger partial charge in [-0.15, -0.1) is 0 Å². The Morgan fingerprint density at radius 2 is 2.00 bits per heavy atom. The van der Waals surface area contributed by atoms with Crippen LogP contribution in [0.25, 0.3) is 10.2 Å². The van der Waals surface area contributed by atoms with Crippen LogP contribution in [0.15, 0.2) is 65.4 Å². The summed E-state index contributed by atoms with van der Waals surface area (Å²) >= 11 is 17.3. The summed E-state index contributed by atoms with van der Waals surface area (Å²) in [5.41, 5.74) is 2.04. The minimum absolute atomic E-state index is 0.269. The van der Waals surface area contributed by atoms with Crippen molar-refractivity contribution in [2.75, 3.05) is 4.90 Å². The number of hydrogen-bond donors (Lipinski definition) is 0. The summed E-state index contributed by atoms with van der Waals surface area (Å²) in [6, 6.07) is 14.4. The Morgan fingerprint density at radius 3 is 2.79 bits per heavy atom. The number of anilines is 1. The van der Waals surface area contributed by atoms with Crippen molar-refractivity contribution >= 4 is 71.7 Å². The first-order chi connectivity index (χ1) is 13.5. The minimum atomic E-state index is -0.269. The fourth-order valence-corrected chi connectivity index (χ4v) is 4.59. The Labute approximate surface area is 183 Å². The lowest BCUT2D eigenvalue weighted by molar-refractivity contribution is 0.0985. The zero-order valence-electron chi connectivity index (χ0n) is 14.3. The molecule has 0 atom stereocenters. The van der Waals surface area contributed by atoms with Crippen LogP contribution in [-0.4, -0.2) is 15.9 Å². The zero-order valence-corrected chi connectivity index (χ0v) is 18.2. The predicted molar refractivity (Wildman–Crippen MR) is 119 cm³/mol. The normalized spacial score (nSPS) is 11.0. The second-order valence-corrected chi connectivity index (χ2v) is 8.75. The van der Waals surface area contributed by atoms with Crippen LogP contribution in [-0.2, 0) is 6.54 Å². The van der Waals surface area contributed by atoms with Crippen LogP contribution >= 0.6 is 50.5 Å². The lowest BCUT2D eigenvalue weighted by Gasteiger charge is -2.20. The SMILES string of the molecule is O=C(c1cc(Cl)ccc1Cl)N(Cc1cccnc1)c1nc2ccc(Br)cc2s1. The van der Waals surface area contributed by atoms with E-state index in [0.29, 0.717) is 27.3 Å². The highest BCUT2D eigenvalue weighted by atomic mass is 79.9. The number of fused-ring (bicyclic) bond motifs is 1. The fraction of sp³-hybridized carbons (Fsp3) is 0.0500. The first-order valence-electron chi connectivity index (χ1n) is 8.23. The monoisotopic (exact) mass is 491 g/mol. The van der Waals surface area contributed by atoms with Gasteiger partial charge in [-0.05, 0) is 48.0 Å². The molecule has 0 aliphatic heterocycles. The molecule has 28 heavy (non-hydrogen) atoms. The van der Waals surface area contributed by atoms with Gasteiger partial charge in [0.1, 0.15) is 0 Å². The van der Waals surface area contributed by atoms with Gasteiger partial charge < -0.3 is 0 Å². The number of aromatic nitrogens is 2. The number of thiazole rings is 1. The number of hydrogen-bond acceptors (Lipinski definition) is 4. The predicted octanol–water partition coefficient (Wildman–Crippen LogP) is 6.61. The molecule has 140 valence electrons. The molecule has 2 aromatic heterocycles. The Kier molecular flexibility index (Phi) is 5.64. The van der Waals surface area contributed by atoms with E-state index in [9.17, 15) is 4.79 Å². The summed E-state index contributed by atoms with van der Waals surface area (Å²) in [6.07, 6.45) is 3.42. The molecule has 1 amide bonds. The molecular weight excluding hydrogens is 481 g/mol. The molecule has 8 heteroatoms. The van der Waals surface area contributed by atoms with Crippen molar-refractivity contribution in [2.24, 2.45) is 0 Å². The van der Waals surface area contributed by atoms with Gasteiger partial charge in [-0.1, -0.05) is 56.5 Å². The smallest absolute Gasteiger partial charge is 0.261 e. The Hall–Kier alpha value is -1.99. The van der Waals surface area contributed by atoms with E-state index in [2.05, 4.69) is 25.9 Å². The Morgan fingerprint density at radius 1 is 1.14 bits per heavy atom. The topological polar surface area (TPSA) is 46.1 Å². The summed E-state index contributed by atoms with van der Waals surface area (Å²) < 4.78 is 1.93. The number of pyridine rings is 1. The number of carbonyl (C=O) groups is 1. The van der Waals surface area contributed by atoms with Crippen LogP contribution in [0.2, 0.25) is 10.0 Å². The lowest BCUT2D eigenvalue weighted by atomic mass is 10.2. The van der Waals surface area contributed by atoms with Gasteiger partial charge in [0.15, 0.2) is 5.13 Å². The number of amides is 1. The average molecular weight is 493 g/mol. The van der Waals surface area contributed by atoms with Crippen molar-refractivity contribution in [3.63, 3.8) is 0 Å². The molecule has 0 aliphatic rings. The molecule has 0 unspecified atom stereocenters. The van der Waals surface area contributed by atoms with Crippen molar-refractivity contribution in [1.82, 2.24) is 9.97 Å². The van der Waals surface area contributed by atoms with Crippen LogP contribution in [0.1, 0.15) is 15.9 Å². The number of halogens is 3. The molecule has 0 N–H and O–H groups in total. The molecule has 0 spiro atoms. The second kappa shape index (κ2) is 8.17. The first kappa shape index (κ1) is 19.3. The highest BCUT2D eigenvalue weighted by molar-refractivity contribution is 9.10. The van der Waals surface area contributed by atoms with Gasteiger partial charge >= 0.3 is 0 Å². The maximum Gasteiger partial charge on any atom is 0.261 e. The van der Waals surface area contributed by atoms with E-state index in [4.69, 9.17) is 23.2 Å². The molecule has 0 aliphatic carbocycles. The molecule has 2 heterocycles. The van der Waals surface area contributed by atoms with Crippen molar-refractivity contribution in [3.8, 4) is 0 Å². The number of carbonyl (C=O) groups excluding carboxylic acids is 1. The molecule has 4 nitrogen and oxygen atoms in total. The molecule has 0 radical (unpaired) electrons. The maximum atomic E-state index is 13.4. The Bertz CT molecular complexity index is 1170. The average Bonchev–Trinajstić information content (AvgIpc) is 3.11. The maximum absolute atomic E-state index is 13.4. The van der Waals surface area contributed by atoms with E-state index < -0.39 is 0 Å². The molecule has 4 aromatic rings. The van der Waals surface area contributed by atoms with E-state index in [-0.39, 0.29) is 5.91 Å². The summed E-state index contributed by atoms with van der Waals surface area (Å²) in [5, 5.41) is 1.37. The van der Waals surface area contributed by atoms with Crippen molar-refractivity contribution in [2.45, 2.75) is 6.54 Å². The molecular formula is C20H12BrCl2N3OS. The highest BCUT2D eigenvalue weighted by Gasteiger charge is 2.24. The van der Waals surface area contributed by atoms with E-state index in [1.54, 1.807) is 35.5 Å². The lowest BCUT2D eigenvalue weighted by Crippen LogP contribution is -2.30. The molecule has 4 rings (SSSR count). The van der Waals surface area contributed by atoms with Crippen LogP contribution in [0, 0.1) is 0 Å². The number of nitrogens with zero attached hydrogens (tertiary/aromatic N) is 3. The first-order valence-corrected chi connectivity index (χ1v) is 10.6. The Balaban J connectivity index is 1.80.